The minimum Gasteiger partial charge on any atom is -0.321 e. The number of carbonyl (C=O) groups is 1. The molecule has 4 aromatic rings. The van der Waals surface area contributed by atoms with Gasteiger partial charge in [0.2, 0.25) is 0 Å². The van der Waals surface area contributed by atoms with Crippen molar-refractivity contribution in [3.8, 4) is 11.1 Å². The van der Waals surface area contributed by atoms with Gasteiger partial charge in [0.05, 0.1) is 5.56 Å². The summed E-state index contributed by atoms with van der Waals surface area (Å²) in [7, 11) is 0. The number of rotatable bonds is 4. The minimum absolute atomic E-state index is 0.172. The summed E-state index contributed by atoms with van der Waals surface area (Å²) in [6.45, 7) is 1.97. The lowest BCUT2D eigenvalue weighted by molar-refractivity contribution is 0.104. The second kappa shape index (κ2) is 7.17. The molecule has 1 N–H and O–H groups in total. The number of thiophene rings is 1. The number of H-pyrrole nitrogens is 1. The molecule has 0 spiro atoms. The Morgan fingerprint density at radius 3 is 2.59 bits per heavy atom. The lowest BCUT2D eigenvalue weighted by Crippen LogP contribution is -2.18. The summed E-state index contributed by atoms with van der Waals surface area (Å²) >= 11 is 1.54. The van der Waals surface area contributed by atoms with E-state index in [-0.39, 0.29) is 16.9 Å². The molecule has 0 fully saturated rings. The highest BCUT2D eigenvalue weighted by Gasteiger charge is 2.19. The molecular weight excluding hydrogens is 354 g/mol. The molecule has 2 aromatic carbocycles. The summed E-state index contributed by atoms with van der Waals surface area (Å²) in [5.74, 6) is -0.300. The Bertz CT molecular complexity index is 1200. The maximum Gasteiger partial charge on any atom is 0.260 e. The van der Waals surface area contributed by atoms with Crippen molar-refractivity contribution in [3.05, 3.63) is 98.5 Å². The molecule has 0 radical (unpaired) electrons. The lowest BCUT2D eigenvalue weighted by Gasteiger charge is -2.12. The molecule has 2 heterocycles. The number of hydrogen-bond donors (Lipinski definition) is 1. The number of ketones is 1. The maximum absolute atomic E-state index is 13.0. The van der Waals surface area contributed by atoms with Crippen LogP contribution in [0.1, 0.15) is 20.8 Å². The van der Waals surface area contributed by atoms with Crippen molar-refractivity contribution in [2.75, 3.05) is 0 Å². The van der Waals surface area contributed by atoms with Crippen molar-refractivity contribution in [1.29, 1.82) is 0 Å². The van der Waals surface area contributed by atoms with Crippen LogP contribution in [0.15, 0.2) is 76.9 Å². The number of aromatic amines is 1. The molecule has 0 unspecified atom stereocenters. The standard InChI is InChI=1S/C23H17NO2S/c1-15-9-11-18-19(14-15)24-23(26)22(21(18)16-6-3-2-4-7-16)20(25)12-10-17-8-5-13-27-17/h2-14H,1H3,(H,24,26). The van der Waals surface area contributed by atoms with Gasteiger partial charge < -0.3 is 4.98 Å². The third-order valence-electron chi connectivity index (χ3n) is 4.42. The van der Waals surface area contributed by atoms with E-state index in [2.05, 4.69) is 4.98 Å². The molecule has 4 heteroatoms. The Kier molecular flexibility index (Phi) is 4.57. The number of benzene rings is 2. The lowest BCUT2D eigenvalue weighted by atomic mass is 9.93. The van der Waals surface area contributed by atoms with Gasteiger partial charge in [-0.2, -0.15) is 0 Å². The number of aromatic nitrogens is 1. The van der Waals surface area contributed by atoms with E-state index >= 15 is 0 Å². The van der Waals surface area contributed by atoms with Gasteiger partial charge in [-0.1, -0.05) is 48.5 Å². The fraction of sp³-hybridized carbons (Fsp3) is 0.0435. The third-order valence-corrected chi connectivity index (χ3v) is 5.26. The molecule has 132 valence electrons. The number of pyridine rings is 1. The van der Waals surface area contributed by atoms with Gasteiger partial charge in [0, 0.05) is 21.3 Å². The van der Waals surface area contributed by atoms with Crippen LogP contribution in [0.2, 0.25) is 0 Å². The first-order chi connectivity index (χ1) is 13.1. The van der Waals surface area contributed by atoms with Crippen molar-refractivity contribution >= 4 is 34.1 Å². The van der Waals surface area contributed by atoms with E-state index in [4.69, 9.17) is 0 Å². The first-order valence-electron chi connectivity index (χ1n) is 8.61. The molecule has 0 aliphatic rings. The van der Waals surface area contributed by atoms with Crippen LogP contribution in [0, 0.1) is 6.92 Å². The van der Waals surface area contributed by atoms with Crippen molar-refractivity contribution < 1.29 is 4.79 Å². The molecule has 0 saturated carbocycles. The molecule has 4 rings (SSSR count). The Hall–Kier alpha value is -3.24. The quantitative estimate of drug-likeness (QED) is 0.382. The Morgan fingerprint density at radius 1 is 1.04 bits per heavy atom. The summed E-state index contributed by atoms with van der Waals surface area (Å²) in [5, 5.41) is 2.81. The van der Waals surface area contributed by atoms with Gasteiger partial charge in [0.1, 0.15) is 0 Å². The first kappa shape index (κ1) is 17.2. The average molecular weight is 371 g/mol. The second-order valence-electron chi connectivity index (χ2n) is 6.33. The van der Waals surface area contributed by atoms with E-state index in [1.54, 1.807) is 17.4 Å². The number of hydrogen-bond acceptors (Lipinski definition) is 3. The van der Waals surface area contributed by atoms with Gasteiger partial charge in [-0.25, -0.2) is 0 Å². The van der Waals surface area contributed by atoms with Crippen LogP contribution < -0.4 is 5.56 Å². The molecule has 0 aliphatic carbocycles. The van der Waals surface area contributed by atoms with Gasteiger partial charge in [-0.3, -0.25) is 9.59 Å². The van der Waals surface area contributed by atoms with Gasteiger partial charge in [0.15, 0.2) is 5.78 Å². The summed E-state index contributed by atoms with van der Waals surface area (Å²) in [5.41, 5.74) is 3.12. The topological polar surface area (TPSA) is 49.9 Å². The molecule has 0 aliphatic heterocycles. The van der Waals surface area contributed by atoms with Crippen LogP contribution in [0.25, 0.3) is 28.1 Å². The zero-order valence-corrected chi connectivity index (χ0v) is 15.5. The largest absolute Gasteiger partial charge is 0.321 e. The SMILES string of the molecule is Cc1ccc2c(-c3ccccc3)c(C(=O)C=Cc3cccs3)c(=O)[nH]c2c1. The summed E-state index contributed by atoms with van der Waals surface area (Å²) in [6, 6.07) is 19.3. The molecule has 2 aromatic heterocycles. The van der Waals surface area contributed by atoms with Crippen LogP contribution in [0.4, 0.5) is 0 Å². The number of fused-ring (bicyclic) bond motifs is 1. The van der Waals surface area contributed by atoms with E-state index in [9.17, 15) is 9.59 Å². The smallest absolute Gasteiger partial charge is 0.260 e. The van der Waals surface area contributed by atoms with Gasteiger partial charge >= 0.3 is 0 Å². The van der Waals surface area contributed by atoms with E-state index < -0.39 is 0 Å². The van der Waals surface area contributed by atoms with E-state index in [1.807, 2.05) is 73.0 Å². The molecular formula is C23H17NO2S. The highest BCUT2D eigenvalue weighted by molar-refractivity contribution is 7.10. The van der Waals surface area contributed by atoms with Crippen molar-refractivity contribution in [2.24, 2.45) is 0 Å². The zero-order chi connectivity index (χ0) is 18.8. The maximum atomic E-state index is 13.0. The first-order valence-corrected chi connectivity index (χ1v) is 9.49. The molecule has 27 heavy (non-hydrogen) atoms. The number of aryl methyl sites for hydroxylation is 1. The van der Waals surface area contributed by atoms with Gasteiger partial charge in [-0.05, 0) is 47.7 Å². The summed E-state index contributed by atoms with van der Waals surface area (Å²) < 4.78 is 0. The zero-order valence-electron chi connectivity index (χ0n) is 14.7. The predicted octanol–water partition coefficient (Wildman–Crippen LogP) is 5.46. The van der Waals surface area contributed by atoms with Crippen molar-refractivity contribution in [2.45, 2.75) is 6.92 Å². The van der Waals surface area contributed by atoms with Crippen LogP contribution in [-0.4, -0.2) is 10.8 Å². The molecule has 0 atom stereocenters. The second-order valence-corrected chi connectivity index (χ2v) is 7.31. The minimum atomic E-state index is -0.368. The van der Waals surface area contributed by atoms with Gasteiger partial charge in [0.25, 0.3) is 5.56 Å². The van der Waals surface area contributed by atoms with E-state index in [1.165, 1.54) is 6.08 Å². The molecule has 0 amide bonds. The molecule has 0 bridgehead atoms. The van der Waals surface area contributed by atoms with Crippen molar-refractivity contribution in [3.63, 3.8) is 0 Å². The number of nitrogens with one attached hydrogen (secondary N) is 1. The van der Waals surface area contributed by atoms with E-state index in [0.717, 1.165) is 26.9 Å². The normalized spacial score (nSPS) is 11.3. The summed E-state index contributed by atoms with van der Waals surface area (Å²) in [6.07, 6.45) is 3.23. The van der Waals surface area contributed by atoms with Crippen LogP contribution in [0.5, 0.6) is 0 Å². The highest BCUT2D eigenvalue weighted by atomic mass is 32.1. The monoisotopic (exact) mass is 371 g/mol. The fourth-order valence-corrected chi connectivity index (χ4v) is 3.80. The van der Waals surface area contributed by atoms with Crippen LogP contribution >= 0.6 is 11.3 Å². The highest BCUT2D eigenvalue weighted by Crippen LogP contribution is 2.30. The predicted molar refractivity (Wildman–Crippen MR) is 112 cm³/mol. The van der Waals surface area contributed by atoms with Crippen molar-refractivity contribution in [1.82, 2.24) is 4.98 Å². The van der Waals surface area contributed by atoms with E-state index in [0.29, 0.717) is 5.56 Å². The average Bonchev–Trinajstić information content (AvgIpc) is 3.19. The van der Waals surface area contributed by atoms with Crippen LogP contribution in [-0.2, 0) is 0 Å². The molecule has 3 nitrogen and oxygen atoms in total. The van der Waals surface area contributed by atoms with Gasteiger partial charge in [-0.15, -0.1) is 11.3 Å². The Morgan fingerprint density at radius 2 is 1.85 bits per heavy atom. The Balaban J connectivity index is 1.96. The molecule has 0 saturated heterocycles. The number of carbonyl (C=O) groups excluding carboxylic acids is 1. The fourth-order valence-electron chi connectivity index (χ4n) is 3.18. The summed E-state index contributed by atoms with van der Waals surface area (Å²) in [4.78, 5) is 29.6. The Labute approximate surface area is 160 Å². The third kappa shape index (κ3) is 3.39. The number of allylic oxidation sites excluding steroid dienone is 1. The van der Waals surface area contributed by atoms with Crippen LogP contribution in [0.3, 0.4) is 0 Å².